The minimum atomic E-state index is 0.624. The van der Waals surface area contributed by atoms with E-state index in [1.54, 1.807) is 0 Å². The van der Waals surface area contributed by atoms with Gasteiger partial charge in [0.05, 0.1) is 12.0 Å². The third-order valence-corrected chi connectivity index (χ3v) is 7.14. The van der Waals surface area contributed by atoms with Crippen molar-refractivity contribution in [1.29, 1.82) is 0 Å². The summed E-state index contributed by atoms with van der Waals surface area (Å²) in [5.74, 6) is 2.22. The number of aromatic amines is 1. The SMILES string of the molecule is CCCCCCCCCCCCCC(CCCCC)c1[nH]cc[n+]1C(C)CCCCC. The second kappa shape index (κ2) is 19.9. The number of unbranched alkanes of at least 4 members (excludes halogenated alkanes) is 14. The summed E-state index contributed by atoms with van der Waals surface area (Å²) in [6.07, 6.45) is 32.4. The first-order chi connectivity index (χ1) is 15.2. The largest absolute Gasteiger partial charge is 0.257 e. The van der Waals surface area contributed by atoms with Crippen molar-refractivity contribution >= 4 is 0 Å². The fourth-order valence-corrected chi connectivity index (χ4v) is 5.01. The van der Waals surface area contributed by atoms with Gasteiger partial charge >= 0.3 is 0 Å². The highest BCUT2D eigenvalue weighted by atomic mass is 15.1. The van der Waals surface area contributed by atoms with Gasteiger partial charge in [0.25, 0.3) is 5.82 Å². The molecule has 0 aliphatic heterocycles. The van der Waals surface area contributed by atoms with Gasteiger partial charge in [-0.25, -0.2) is 9.55 Å². The summed E-state index contributed by atoms with van der Waals surface area (Å²) in [4.78, 5) is 3.66. The molecule has 2 atom stereocenters. The van der Waals surface area contributed by atoms with E-state index in [0.717, 1.165) is 0 Å². The summed E-state index contributed by atoms with van der Waals surface area (Å²) in [6, 6.07) is 0.624. The van der Waals surface area contributed by atoms with E-state index >= 15 is 0 Å². The van der Waals surface area contributed by atoms with Crippen LogP contribution in [0.25, 0.3) is 0 Å². The Morgan fingerprint density at radius 3 is 1.58 bits per heavy atom. The van der Waals surface area contributed by atoms with Crippen molar-refractivity contribution in [3.05, 3.63) is 18.2 Å². The molecule has 31 heavy (non-hydrogen) atoms. The topological polar surface area (TPSA) is 19.7 Å². The zero-order valence-electron chi connectivity index (χ0n) is 21.9. The van der Waals surface area contributed by atoms with E-state index in [4.69, 9.17) is 0 Å². The van der Waals surface area contributed by atoms with E-state index in [0.29, 0.717) is 12.0 Å². The van der Waals surface area contributed by atoms with Gasteiger partial charge in [0.2, 0.25) is 0 Å². The molecule has 0 radical (unpaired) electrons. The Morgan fingerprint density at radius 1 is 0.613 bits per heavy atom. The van der Waals surface area contributed by atoms with E-state index in [2.05, 4.69) is 49.6 Å². The van der Waals surface area contributed by atoms with Crippen molar-refractivity contribution in [2.75, 3.05) is 0 Å². The summed E-state index contributed by atoms with van der Waals surface area (Å²) in [6.45, 7) is 9.34. The molecule has 1 aromatic rings. The molecule has 2 heteroatoms. The highest BCUT2D eigenvalue weighted by Gasteiger charge is 2.25. The smallest absolute Gasteiger partial charge is 0.247 e. The average Bonchev–Trinajstić information content (AvgIpc) is 3.26. The lowest BCUT2D eigenvalue weighted by Gasteiger charge is -2.17. The minimum absolute atomic E-state index is 0.624. The predicted molar refractivity (Wildman–Crippen MR) is 138 cm³/mol. The van der Waals surface area contributed by atoms with Gasteiger partial charge in [-0.05, 0) is 32.6 Å². The molecule has 1 heterocycles. The van der Waals surface area contributed by atoms with Crippen molar-refractivity contribution in [1.82, 2.24) is 4.98 Å². The number of hydrogen-bond acceptors (Lipinski definition) is 0. The van der Waals surface area contributed by atoms with Gasteiger partial charge in [-0.3, -0.25) is 0 Å². The number of nitrogens with zero attached hydrogens (tertiary/aromatic N) is 1. The van der Waals surface area contributed by atoms with Crippen LogP contribution in [-0.2, 0) is 0 Å². The lowest BCUT2D eigenvalue weighted by atomic mass is 9.93. The van der Waals surface area contributed by atoms with Crippen LogP contribution < -0.4 is 4.57 Å². The molecule has 0 aromatic carbocycles. The normalized spacial score (nSPS) is 13.5. The van der Waals surface area contributed by atoms with Crippen LogP contribution in [0.2, 0.25) is 0 Å². The second-order valence-electron chi connectivity index (χ2n) is 10.1. The van der Waals surface area contributed by atoms with Crippen molar-refractivity contribution < 1.29 is 4.57 Å². The maximum Gasteiger partial charge on any atom is 0.257 e. The van der Waals surface area contributed by atoms with Crippen LogP contribution >= 0.6 is 0 Å². The first-order valence-corrected chi connectivity index (χ1v) is 14.3. The van der Waals surface area contributed by atoms with Gasteiger partial charge < -0.3 is 0 Å². The quantitative estimate of drug-likeness (QED) is 0.139. The van der Waals surface area contributed by atoms with Crippen LogP contribution in [0, 0.1) is 0 Å². The van der Waals surface area contributed by atoms with Crippen LogP contribution in [0.3, 0.4) is 0 Å². The van der Waals surface area contributed by atoms with Gasteiger partial charge in [-0.2, -0.15) is 0 Å². The Labute approximate surface area is 196 Å². The molecule has 2 unspecified atom stereocenters. The summed E-state index contributed by atoms with van der Waals surface area (Å²) in [5, 5.41) is 0. The third-order valence-electron chi connectivity index (χ3n) is 7.14. The van der Waals surface area contributed by atoms with Crippen molar-refractivity contribution in [2.45, 2.75) is 168 Å². The van der Waals surface area contributed by atoms with Crippen LogP contribution in [-0.4, -0.2) is 4.98 Å². The van der Waals surface area contributed by atoms with Gasteiger partial charge in [0.15, 0.2) is 0 Å². The predicted octanol–water partition coefficient (Wildman–Crippen LogP) is 9.81. The van der Waals surface area contributed by atoms with Crippen LogP contribution in [0.1, 0.15) is 174 Å². The molecule has 0 amide bonds. The number of aromatic nitrogens is 2. The Bertz CT molecular complexity index is 493. The fourth-order valence-electron chi connectivity index (χ4n) is 5.01. The molecule has 182 valence electrons. The maximum atomic E-state index is 3.66. The summed E-state index contributed by atoms with van der Waals surface area (Å²) >= 11 is 0. The molecule has 1 aromatic heterocycles. The Hall–Kier alpha value is -0.790. The lowest BCUT2D eigenvalue weighted by molar-refractivity contribution is -0.727. The molecular weight excluding hydrogens is 376 g/mol. The lowest BCUT2D eigenvalue weighted by Crippen LogP contribution is -2.41. The fraction of sp³-hybridized carbons (Fsp3) is 0.897. The molecule has 0 fully saturated rings. The number of rotatable bonds is 22. The van der Waals surface area contributed by atoms with Crippen molar-refractivity contribution in [2.24, 2.45) is 0 Å². The molecule has 0 spiro atoms. The third kappa shape index (κ3) is 13.4. The summed E-state index contributed by atoms with van der Waals surface area (Å²) in [7, 11) is 0. The number of nitrogens with one attached hydrogen (secondary N) is 1. The molecule has 1 N–H and O–H groups in total. The van der Waals surface area contributed by atoms with Gasteiger partial charge in [-0.15, -0.1) is 0 Å². The van der Waals surface area contributed by atoms with Crippen molar-refractivity contribution in [3.8, 4) is 0 Å². The second-order valence-corrected chi connectivity index (χ2v) is 10.1. The molecule has 1 rings (SSSR count). The molecule has 0 saturated carbocycles. The minimum Gasteiger partial charge on any atom is -0.247 e. The molecule has 0 aliphatic carbocycles. The van der Waals surface area contributed by atoms with Crippen molar-refractivity contribution in [3.63, 3.8) is 0 Å². The monoisotopic (exact) mass is 433 g/mol. The maximum absolute atomic E-state index is 3.66. The van der Waals surface area contributed by atoms with E-state index in [1.165, 1.54) is 134 Å². The van der Waals surface area contributed by atoms with Gasteiger partial charge in [0.1, 0.15) is 12.4 Å². The summed E-state index contributed by atoms with van der Waals surface area (Å²) < 4.78 is 2.57. The number of hydrogen-bond donors (Lipinski definition) is 1. The molecule has 0 saturated heterocycles. The zero-order valence-corrected chi connectivity index (χ0v) is 21.9. The molecule has 0 aliphatic rings. The molecule has 0 bridgehead atoms. The average molecular weight is 434 g/mol. The highest BCUT2D eigenvalue weighted by Crippen LogP contribution is 2.27. The van der Waals surface area contributed by atoms with E-state index < -0.39 is 0 Å². The van der Waals surface area contributed by atoms with Crippen LogP contribution in [0.5, 0.6) is 0 Å². The Kier molecular flexibility index (Phi) is 18.1. The molecule has 2 nitrogen and oxygen atoms in total. The first-order valence-electron chi connectivity index (χ1n) is 14.3. The Morgan fingerprint density at radius 2 is 1.03 bits per heavy atom. The summed E-state index contributed by atoms with van der Waals surface area (Å²) in [5.41, 5.74) is 0. The highest BCUT2D eigenvalue weighted by molar-refractivity contribution is 4.90. The van der Waals surface area contributed by atoms with E-state index in [9.17, 15) is 0 Å². The van der Waals surface area contributed by atoms with Crippen LogP contribution in [0.15, 0.2) is 12.4 Å². The van der Waals surface area contributed by atoms with Gasteiger partial charge in [0, 0.05) is 0 Å². The van der Waals surface area contributed by atoms with Gasteiger partial charge in [-0.1, -0.05) is 124 Å². The number of imidazole rings is 1. The van der Waals surface area contributed by atoms with E-state index in [-0.39, 0.29) is 0 Å². The number of H-pyrrole nitrogens is 1. The Balaban J connectivity index is 2.37. The first kappa shape index (κ1) is 28.2. The standard InChI is InChI=1S/C29H56N2/c1-5-8-11-12-13-14-15-16-17-18-21-24-28(23-20-10-7-3)29-30-25-26-31(29)27(4)22-19-9-6-2/h25-28H,5-24H2,1-4H3/p+1. The molecular formula is C29H57N2+. The zero-order chi connectivity index (χ0) is 22.6. The van der Waals surface area contributed by atoms with Crippen LogP contribution in [0.4, 0.5) is 0 Å². The van der Waals surface area contributed by atoms with E-state index in [1.807, 2.05) is 0 Å².